The highest BCUT2D eigenvalue weighted by Gasteiger charge is 2.19. The molecule has 0 aliphatic heterocycles. The van der Waals surface area contributed by atoms with Crippen LogP contribution in [0.2, 0.25) is 0 Å². The van der Waals surface area contributed by atoms with Crippen molar-refractivity contribution in [2.45, 2.75) is 284 Å². The zero-order chi connectivity index (χ0) is 45.8. The van der Waals surface area contributed by atoms with E-state index in [1.165, 1.54) is 141 Å². The van der Waals surface area contributed by atoms with Gasteiger partial charge in [0.05, 0.1) is 0 Å². The summed E-state index contributed by atoms with van der Waals surface area (Å²) in [6.45, 7) is 6.60. The predicted molar refractivity (Wildman–Crippen MR) is 270 cm³/mol. The summed E-state index contributed by atoms with van der Waals surface area (Å²) in [4.78, 5) is 38.0. The summed E-state index contributed by atoms with van der Waals surface area (Å²) in [5.74, 6) is -0.902. The van der Waals surface area contributed by atoms with Crippen molar-refractivity contribution in [3.63, 3.8) is 0 Å². The van der Waals surface area contributed by atoms with Crippen molar-refractivity contribution in [2.75, 3.05) is 13.2 Å². The summed E-state index contributed by atoms with van der Waals surface area (Å²) in [5, 5.41) is 0. The monoisotopic (exact) mass is 883 g/mol. The Bertz CT molecular complexity index is 1110. The molecule has 0 unspecified atom stereocenters. The molecule has 0 amide bonds. The fraction of sp³-hybridized carbons (Fsp3) is 0.807. The van der Waals surface area contributed by atoms with Crippen LogP contribution in [0.3, 0.4) is 0 Å². The number of carbonyl (C=O) groups excluding carboxylic acids is 3. The van der Waals surface area contributed by atoms with Crippen LogP contribution in [0.4, 0.5) is 0 Å². The smallest absolute Gasteiger partial charge is 0.306 e. The van der Waals surface area contributed by atoms with Crippen molar-refractivity contribution in [1.29, 1.82) is 0 Å². The Morgan fingerprint density at radius 1 is 0.317 bits per heavy atom. The van der Waals surface area contributed by atoms with Gasteiger partial charge < -0.3 is 14.2 Å². The maximum absolute atomic E-state index is 12.8. The Labute approximate surface area is 390 Å². The molecule has 0 aromatic heterocycles. The lowest BCUT2D eigenvalue weighted by atomic mass is 10.0. The first-order chi connectivity index (χ1) is 31.0. The third kappa shape index (κ3) is 50.2. The number of esters is 3. The summed E-state index contributed by atoms with van der Waals surface area (Å²) >= 11 is 0. The van der Waals surface area contributed by atoms with E-state index in [0.29, 0.717) is 19.3 Å². The highest BCUT2D eigenvalue weighted by atomic mass is 16.6. The second kappa shape index (κ2) is 52.0. The third-order valence-electron chi connectivity index (χ3n) is 11.8. The molecule has 0 bridgehead atoms. The second-order valence-electron chi connectivity index (χ2n) is 18.1. The van der Waals surface area contributed by atoms with E-state index >= 15 is 0 Å². The van der Waals surface area contributed by atoms with E-state index in [-0.39, 0.29) is 31.1 Å². The van der Waals surface area contributed by atoms with Gasteiger partial charge in [-0.3, -0.25) is 14.4 Å². The molecular formula is C57H102O6. The van der Waals surface area contributed by atoms with E-state index in [0.717, 1.165) is 96.3 Å². The predicted octanol–water partition coefficient (Wildman–Crippen LogP) is 17.9. The van der Waals surface area contributed by atoms with Gasteiger partial charge in [-0.2, -0.15) is 0 Å². The summed E-state index contributed by atoms with van der Waals surface area (Å²) in [5.41, 5.74) is 0. The highest BCUT2D eigenvalue weighted by Crippen LogP contribution is 2.15. The number of hydrogen-bond acceptors (Lipinski definition) is 6. The van der Waals surface area contributed by atoms with Crippen molar-refractivity contribution < 1.29 is 28.6 Å². The number of unbranched alkanes of at least 4 members (excludes halogenated alkanes) is 30. The van der Waals surface area contributed by atoms with Crippen molar-refractivity contribution >= 4 is 17.9 Å². The first-order valence-corrected chi connectivity index (χ1v) is 27.1. The average molecular weight is 883 g/mol. The molecular weight excluding hydrogens is 781 g/mol. The Morgan fingerprint density at radius 3 is 0.937 bits per heavy atom. The lowest BCUT2D eigenvalue weighted by Gasteiger charge is -2.18. The molecule has 0 saturated carbocycles. The number of hydrogen-bond donors (Lipinski definition) is 0. The van der Waals surface area contributed by atoms with Gasteiger partial charge in [-0.15, -0.1) is 0 Å². The third-order valence-corrected chi connectivity index (χ3v) is 11.8. The van der Waals surface area contributed by atoms with Gasteiger partial charge >= 0.3 is 17.9 Å². The molecule has 0 N–H and O–H groups in total. The lowest BCUT2D eigenvalue weighted by Crippen LogP contribution is -2.30. The normalized spacial score (nSPS) is 12.4. The average Bonchev–Trinajstić information content (AvgIpc) is 3.28. The Balaban J connectivity index is 4.41. The highest BCUT2D eigenvalue weighted by molar-refractivity contribution is 5.71. The molecule has 0 fully saturated rings. The van der Waals surface area contributed by atoms with Gasteiger partial charge in [-0.25, -0.2) is 0 Å². The van der Waals surface area contributed by atoms with E-state index in [9.17, 15) is 14.4 Å². The fourth-order valence-electron chi connectivity index (χ4n) is 7.68. The quantitative estimate of drug-likeness (QED) is 0.0262. The molecule has 0 aromatic carbocycles. The molecule has 366 valence electrons. The first kappa shape index (κ1) is 60.4. The molecule has 0 radical (unpaired) electrons. The van der Waals surface area contributed by atoms with Gasteiger partial charge in [0.15, 0.2) is 6.10 Å². The van der Waals surface area contributed by atoms with Gasteiger partial charge in [-0.1, -0.05) is 223 Å². The molecule has 0 heterocycles. The number of ether oxygens (including phenoxy) is 3. The number of allylic oxidation sites excluding steroid dienone is 8. The molecule has 63 heavy (non-hydrogen) atoms. The maximum Gasteiger partial charge on any atom is 0.306 e. The minimum absolute atomic E-state index is 0.0812. The van der Waals surface area contributed by atoms with Crippen LogP contribution < -0.4 is 0 Å². The largest absolute Gasteiger partial charge is 0.462 e. The molecule has 0 spiro atoms. The van der Waals surface area contributed by atoms with Crippen molar-refractivity contribution in [2.24, 2.45) is 0 Å². The topological polar surface area (TPSA) is 78.9 Å². The maximum atomic E-state index is 12.8. The molecule has 0 aliphatic carbocycles. The van der Waals surface area contributed by atoms with E-state index in [1.807, 2.05) is 0 Å². The summed E-state index contributed by atoms with van der Waals surface area (Å²) in [6.07, 6.45) is 62.3. The van der Waals surface area contributed by atoms with Gasteiger partial charge in [0, 0.05) is 19.3 Å². The molecule has 0 aromatic rings. The lowest BCUT2D eigenvalue weighted by molar-refractivity contribution is -0.167. The Morgan fingerprint density at radius 2 is 0.571 bits per heavy atom. The summed E-state index contributed by atoms with van der Waals surface area (Å²) in [6, 6.07) is 0. The van der Waals surface area contributed by atoms with Crippen molar-refractivity contribution in [3.05, 3.63) is 48.6 Å². The van der Waals surface area contributed by atoms with Crippen LogP contribution in [0, 0.1) is 0 Å². The minimum Gasteiger partial charge on any atom is -0.462 e. The van der Waals surface area contributed by atoms with Crippen molar-refractivity contribution in [3.8, 4) is 0 Å². The molecule has 0 aliphatic rings. The molecule has 6 heteroatoms. The zero-order valence-electron chi connectivity index (χ0n) is 41.8. The fourth-order valence-corrected chi connectivity index (χ4v) is 7.68. The van der Waals surface area contributed by atoms with Crippen molar-refractivity contribution in [1.82, 2.24) is 0 Å². The summed E-state index contributed by atoms with van der Waals surface area (Å²) < 4.78 is 16.8. The molecule has 1 atom stereocenters. The van der Waals surface area contributed by atoms with Crippen LogP contribution in [-0.4, -0.2) is 37.2 Å². The first-order valence-electron chi connectivity index (χ1n) is 27.1. The van der Waals surface area contributed by atoms with E-state index in [2.05, 4.69) is 69.4 Å². The molecule has 0 saturated heterocycles. The van der Waals surface area contributed by atoms with Crippen LogP contribution in [0.5, 0.6) is 0 Å². The van der Waals surface area contributed by atoms with Crippen LogP contribution in [0.15, 0.2) is 48.6 Å². The molecule has 6 nitrogen and oxygen atoms in total. The standard InChI is InChI=1S/C57H102O6/c1-4-7-10-13-16-19-22-25-28-29-30-33-35-38-41-44-47-50-56(59)62-53-54(63-57(60)51-48-45-42-39-36-32-27-24-21-18-15-12-9-6-3)52-61-55(58)49-46-43-40-37-34-31-26-23-20-17-14-11-8-5-2/h16,19,24-25,27-28,30,33,54H,4-15,17-18,20-23,26,29,31-32,34-53H2,1-3H3/b19-16-,27-24-,28-25-,33-30-/t54-/m1/s1. The minimum atomic E-state index is -0.784. The van der Waals surface area contributed by atoms with Gasteiger partial charge in [0.1, 0.15) is 13.2 Å². The van der Waals surface area contributed by atoms with E-state index < -0.39 is 6.10 Å². The van der Waals surface area contributed by atoms with Gasteiger partial charge in [0.25, 0.3) is 0 Å². The van der Waals surface area contributed by atoms with Crippen LogP contribution in [-0.2, 0) is 28.6 Å². The number of carbonyl (C=O) groups is 3. The molecule has 0 rings (SSSR count). The van der Waals surface area contributed by atoms with Crippen LogP contribution in [0.25, 0.3) is 0 Å². The second-order valence-corrected chi connectivity index (χ2v) is 18.1. The van der Waals surface area contributed by atoms with Gasteiger partial charge in [0.2, 0.25) is 0 Å². The Hall–Kier alpha value is -2.63. The van der Waals surface area contributed by atoms with E-state index in [1.54, 1.807) is 0 Å². The zero-order valence-corrected chi connectivity index (χ0v) is 41.8. The van der Waals surface area contributed by atoms with Gasteiger partial charge in [-0.05, 0) is 83.5 Å². The van der Waals surface area contributed by atoms with Crippen LogP contribution in [0.1, 0.15) is 278 Å². The van der Waals surface area contributed by atoms with E-state index in [4.69, 9.17) is 14.2 Å². The number of rotatable bonds is 49. The Kier molecular flexibility index (Phi) is 49.8. The van der Waals surface area contributed by atoms with Crippen LogP contribution >= 0.6 is 0 Å². The summed E-state index contributed by atoms with van der Waals surface area (Å²) in [7, 11) is 0. The SMILES string of the molecule is CCCCC/C=C\C/C=C\C/C=C\CCCCCCC(=O)OC[C@@H](COC(=O)CCCCCCCCCCCCCCCC)OC(=O)CCCCCCC/C=C\CCCCCCC.